The molecule has 2 rings (SSSR count). The van der Waals surface area contributed by atoms with Crippen molar-refractivity contribution in [3.63, 3.8) is 0 Å². The summed E-state index contributed by atoms with van der Waals surface area (Å²) in [5.74, 6) is -4.04. The third kappa shape index (κ3) is 11.9. The van der Waals surface area contributed by atoms with Crippen molar-refractivity contribution in [2.24, 2.45) is 11.3 Å². The average molecular weight is 687 g/mol. The molecule has 1 aromatic carbocycles. The topological polar surface area (TPSA) is 183 Å². The Balaban J connectivity index is 2.12. The Labute approximate surface area is 289 Å². The minimum Gasteiger partial charge on any atom is -0.449 e. The maximum Gasteiger partial charge on any atom is 0.407 e. The maximum absolute atomic E-state index is 13.9. The summed E-state index contributed by atoms with van der Waals surface area (Å²) in [7, 11) is 3.11. The van der Waals surface area contributed by atoms with Gasteiger partial charge in [0, 0.05) is 20.1 Å². The van der Waals surface area contributed by atoms with Crippen molar-refractivity contribution < 1.29 is 38.3 Å². The van der Waals surface area contributed by atoms with Gasteiger partial charge in [-0.3, -0.25) is 28.8 Å². The SMILES string of the molecule is CCC[C@H](NC(=O)[C@@H]1CCC(C)N1C(=O)[C@@H](NC(=O)OCC(C)C)C(C)(C)C)C(=O)C(=O)NCC(=O)N[C@H](C(=O)N(C)C)c1ccccc1. The van der Waals surface area contributed by atoms with Crippen LogP contribution >= 0.6 is 0 Å². The fourth-order valence-electron chi connectivity index (χ4n) is 5.45. The number of nitrogens with zero attached hydrogens (tertiary/aromatic N) is 2. The van der Waals surface area contributed by atoms with E-state index >= 15 is 0 Å². The number of hydrogen-bond acceptors (Lipinski definition) is 8. The third-order valence-corrected chi connectivity index (χ3v) is 8.12. The highest BCUT2D eigenvalue weighted by Crippen LogP contribution is 2.29. The molecule has 6 amide bonds. The Morgan fingerprint density at radius 1 is 0.959 bits per heavy atom. The van der Waals surface area contributed by atoms with Gasteiger partial charge in [0.1, 0.15) is 18.1 Å². The highest BCUT2D eigenvalue weighted by molar-refractivity contribution is 6.38. The van der Waals surface area contributed by atoms with Crippen molar-refractivity contribution in [2.45, 2.75) is 104 Å². The van der Waals surface area contributed by atoms with Gasteiger partial charge < -0.3 is 35.8 Å². The summed E-state index contributed by atoms with van der Waals surface area (Å²) in [6.07, 6.45) is 0.695. The molecule has 1 fully saturated rings. The molecule has 272 valence electrons. The first kappa shape index (κ1) is 40.7. The first-order chi connectivity index (χ1) is 22.9. The van der Waals surface area contributed by atoms with Gasteiger partial charge in [-0.05, 0) is 43.1 Å². The molecule has 0 spiro atoms. The molecule has 49 heavy (non-hydrogen) atoms. The fourth-order valence-corrected chi connectivity index (χ4v) is 5.45. The summed E-state index contributed by atoms with van der Waals surface area (Å²) in [5, 5.41) is 10.2. The van der Waals surface area contributed by atoms with E-state index in [1.54, 1.807) is 72.1 Å². The van der Waals surface area contributed by atoms with Crippen LogP contribution in [0.25, 0.3) is 0 Å². The zero-order chi connectivity index (χ0) is 37.1. The van der Waals surface area contributed by atoms with E-state index in [4.69, 9.17) is 4.74 Å². The van der Waals surface area contributed by atoms with Crippen LogP contribution in [0.2, 0.25) is 0 Å². The van der Waals surface area contributed by atoms with Gasteiger partial charge in [-0.1, -0.05) is 78.3 Å². The number of Topliss-reactive ketones (excluding diaryl/α,β-unsaturated/α-hetero) is 1. The van der Waals surface area contributed by atoms with E-state index in [-0.39, 0.29) is 30.9 Å². The van der Waals surface area contributed by atoms with Gasteiger partial charge in [-0.25, -0.2) is 4.79 Å². The third-order valence-electron chi connectivity index (χ3n) is 8.12. The molecule has 1 unspecified atom stereocenters. The molecule has 14 heteroatoms. The molecular formula is C35H54N6O8. The first-order valence-electron chi connectivity index (χ1n) is 16.8. The van der Waals surface area contributed by atoms with Gasteiger partial charge >= 0.3 is 6.09 Å². The van der Waals surface area contributed by atoms with Crippen molar-refractivity contribution in [2.75, 3.05) is 27.2 Å². The number of carbonyl (C=O) groups excluding carboxylic acids is 7. The number of rotatable bonds is 15. The molecule has 0 aromatic heterocycles. The van der Waals surface area contributed by atoms with Crippen LogP contribution in [0.15, 0.2) is 30.3 Å². The highest BCUT2D eigenvalue weighted by Gasteiger charge is 2.45. The van der Waals surface area contributed by atoms with Crippen molar-refractivity contribution in [1.82, 2.24) is 31.1 Å². The second-order valence-corrected chi connectivity index (χ2v) is 14.2. The number of ketones is 1. The number of benzene rings is 1. The predicted molar refractivity (Wildman–Crippen MR) is 183 cm³/mol. The lowest BCUT2D eigenvalue weighted by molar-refractivity contribution is -0.145. The Morgan fingerprint density at radius 3 is 2.14 bits per heavy atom. The van der Waals surface area contributed by atoms with Crippen LogP contribution in [-0.4, -0.2) is 103 Å². The Kier molecular flexibility index (Phi) is 15.2. The number of likely N-dealkylation sites (N-methyl/N-ethyl adjacent to an activating group) is 1. The molecule has 1 saturated heterocycles. The van der Waals surface area contributed by atoms with Crippen molar-refractivity contribution in [3.8, 4) is 0 Å². The van der Waals surface area contributed by atoms with Crippen molar-refractivity contribution in [1.29, 1.82) is 0 Å². The Hall–Kier alpha value is -4.49. The number of amides is 6. The molecule has 4 N–H and O–H groups in total. The first-order valence-corrected chi connectivity index (χ1v) is 16.8. The van der Waals surface area contributed by atoms with Crippen LogP contribution < -0.4 is 21.3 Å². The number of hydrogen-bond donors (Lipinski definition) is 4. The standard InChI is InChI=1S/C35H54N6O8/c1-10-14-24(28(43)31(45)36-19-26(42)38-27(32(46)40(8)9)23-15-12-11-13-16-23)37-30(44)25-18-17-22(4)41(25)33(47)29(35(5,6)7)39-34(48)49-20-21(2)3/h11-13,15-16,21-22,24-25,27,29H,10,14,17-20H2,1-9H3,(H,36,45)(H,37,44)(H,38,42)(H,39,48)/t22?,24-,25-,27-,29+/m0/s1. The van der Waals surface area contributed by atoms with E-state index in [2.05, 4.69) is 21.3 Å². The van der Waals surface area contributed by atoms with Crippen LogP contribution in [0.1, 0.15) is 85.8 Å². The van der Waals surface area contributed by atoms with Gasteiger partial charge in [0.15, 0.2) is 0 Å². The zero-order valence-electron chi connectivity index (χ0n) is 30.3. The minimum atomic E-state index is -1.21. The van der Waals surface area contributed by atoms with Crippen LogP contribution in [-0.2, 0) is 33.5 Å². The lowest BCUT2D eigenvalue weighted by Gasteiger charge is -2.37. The van der Waals surface area contributed by atoms with Crippen LogP contribution in [0.4, 0.5) is 4.79 Å². The summed E-state index contributed by atoms with van der Waals surface area (Å²) in [6, 6.07) is 4.14. The molecule has 0 radical (unpaired) electrons. The van der Waals surface area contributed by atoms with Crippen molar-refractivity contribution >= 4 is 41.4 Å². The number of ether oxygens (including phenoxy) is 1. The molecule has 5 atom stereocenters. The normalized spacial score (nSPS) is 17.7. The van der Waals surface area contributed by atoms with Crippen LogP contribution in [0.5, 0.6) is 0 Å². The Bertz CT molecular complexity index is 1340. The van der Waals surface area contributed by atoms with E-state index in [0.29, 0.717) is 24.8 Å². The smallest absolute Gasteiger partial charge is 0.407 e. The van der Waals surface area contributed by atoms with Crippen LogP contribution in [0, 0.1) is 11.3 Å². The molecular weight excluding hydrogens is 632 g/mol. The van der Waals surface area contributed by atoms with E-state index in [1.165, 1.54) is 9.80 Å². The number of nitrogens with one attached hydrogen (secondary N) is 4. The van der Waals surface area contributed by atoms with E-state index < -0.39 is 71.6 Å². The molecule has 0 saturated carbocycles. The molecule has 14 nitrogen and oxygen atoms in total. The Morgan fingerprint density at radius 2 is 1.59 bits per heavy atom. The van der Waals surface area contributed by atoms with Gasteiger partial charge in [0.05, 0.1) is 19.2 Å². The fraction of sp³-hybridized carbons (Fsp3) is 0.629. The summed E-state index contributed by atoms with van der Waals surface area (Å²) >= 11 is 0. The van der Waals surface area contributed by atoms with Crippen LogP contribution in [0.3, 0.4) is 0 Å². The highest BCUT2D eigenvalue weighted by atomic mass is 16.5. The largest absolute Gasteiger partial charge is 0.449 e. The lowest BCUT2D eigenvalue weighted by Crippen LogP contribution is -2.60. The van der Waals surface area contributed by atoms with E-state index in [0.717, 1.165) is 0 Å². The second kappa shape index (κ2) is 18.3. The monoisotopic (exact) mass is 686 g/mol. The average Bonchev–Trinajstić information content (AvgIpc) is 3.43. The zero-order valence-corrected chi connectivity index (χ0v) is 30.3. The number of alkyl carbamates (subject to hydrolysis) is 1. The maximum atomic E-state index is 13.9. The number of likely N-dealkylation sites (tertiary alicyclic amines) is 1. The summed E-state index contributed by atoms with van der Waals surface area (Å²) in [5.41, 5.74) is -0.171. The van der Waals surface area contributed by atoms with Gasteiger partial charge in [0.25, 0.3) is 5.91 Å². The molecule has 1 aromatic rings. The molecule has 0 aliphatic carbocycles. The second-order valence-electron chi connectivity index (χ2n) is 14.2. The van der Waals surface area contributed by atoms with Gasteiger partial charge in [-0.2, -0.15) is 0 Å². The summed E-state index contributed by atoms with van der Waals surface area (Å²) in [4.78, 5) is 94.5. The van der Waals surface area contributed by atoms with Crippen molar-refractivity contribution in [3.05, 3.63) is 35.9 Å². The quantitative estimate of drug-likeness (QED) is 0.202. The lowest BCUT2D eigenvalue weighted by atomic mass is 9.85. The molecule has 0 bridgehead atoms. The summed E-state index contributed by atoms with van der Waals surface area (Å²) < 4.78 is 5.25. The predicted octanol–water partition coefficient (Wildman–Crippen LogP) is 2.08. The van der Waals surface area contributed by atoms with Gasteiger partial charge in [0.2, 0.25) is 29.4 Å². The molecule has 1 heterocycles. The van der Waals surface area contributed by atoms with Gasteiger partial charge in [-0.15, -0.1) is 0 Å². The molecule has 1 aliphatic heterocycles. The minimum absolute atomic E-state index is 0.102. The number of carbonyl (C=O) groups is 7. The van der Waals surface area contributed by atoms with E-state index in [9.17, 15) is 33.6 Å². The van der Waals surface area contributed by atoms with E-state index in [1.807, 2.05) is 20.8 Å². The molecule has 1 aliphatic rings. The summed E-state index contributed by atoms with van der Waals surface area (Å²) in [6.45, 7) is 12.4.